The topological polar surface area (TPSA) is 201 Å². The first-order valence-electron chi connectivity index (χ1n) is 13.8. The number of hydrogen-bond donors (Lipinski definition) is 0. The minimum Gasteiger partial charge on any atom is -0.425 e. The molecule has 16 nitrogen and oxygen atoms in total. The Morgan fingerprint density at radius 2 is 1.02 bits per heavy atom. The van der Waals surface area contributed by atoms with Gasteiger partial charge in [-0.1, -0.05) is 23.5 Å². The minimum atomic E-state index is -1.24. The van der Waals surface area contributed by atoms with E-state index in [1.54, 1.807) is 24.3 Å². The van der Waals surface area contributed by atoms with Crippen LogP contribution in [0.4, 0.5) is 18.4 Å². The van der Waals surface area contributed by atoms with Gasteiger partial charge in [0.1, 0.15) is 23.1 Å². The van der Waals surface area contributed by atoms with Crippen LogP contribution in [0.15, 0.2) is 95.0 Å². The van der Waals surface area contributed by atoms with Gasteiger partial charge in [-0.2, -0.15) is 9.97 Å². The Kier molecular flexibility index (Phi) is 10.6. The van der Waals surface area contributed by atoms with Gasteiger partial charge in [-0.05, 0) is 48.5 Å². The van der Waals surface area contributed by atoms with E-state index in [1.807, 2.05) is 0 Å². The van der Waals surface area contributed by atoms with E-state index >= 15 is 0 Å². The van der Waals surface area contributed by atoms with Crippen molar-refractivity contribution in [2.24, 2.45) is 0 Å². The Labute approximate surface area is 278 Å². The summed E-state index contributed by atoms with van der Waals surface area (Å²) in [5.74, 6) is -3.82. The largest absolute Gasteiger partial charge is 0.516 e. The van der Waals surface area contributed by atoms with Crippen LogP contribution >= 0.6 is 0 Å². The second-order valence-electron chi connectivity index (χ2n) is 9.27. The maximum Gasteiger partial charge on any atom is 0.516 e. The van der Waals surface area contributed by atoms with Gasteiger partial charge >= 0.3 is 24.2 Å². The van der Waals surface area contributed by atoms with Crippen LogP contribution in [0, 0.1) is 11.6 Å². The van der Waals surface area contributed by atoms with E-state index in [0.29, 0.717) is 11.1 Å². The first kappa shape index (κ1) is 34.1. The quantitative estimate of drug-likeness (QED) is 0.0657. The van der Waals surface area contributed by atoms with Gasteiger partial charge in [-0.25, -0.2) is 28.0 Å². The number of hydrogen-bond acceptors (Lipinski definition) is 16. The lowest BCUT2D eigenvalue weighted by molar-refractivity contribution is -0.147. The molecule has 2 aromatic heterocycles. The molecule has 5 rings (SSSR count). The molecular weight excluding hydrogens is 670 g/mol. The summed E-state index contributed by atoms with van der Waals surface area (Å²) in [7, 11) is 0. The molecule has 3 aromatic carbocycles. The van der Waals surface area contributed by atoms with Crippen LogP contribution in [0.5, 0.6) is 11.5 Å². The van der Waals surface area contributed by atoms with Gasteiger partial charge in [0.05, 0.1) is 11.1 Å². The van der Waals surface area contributed by atoms with Crippen molar-refractivity contribution in [3.8, 4) is 57.2 Å². The second kappa shape index (κ2) is 15.6. The molecule has 0 N–H and O–H groups in total. The molecule has 5 aromatic rings. The lowest BCUT2D eigenvalue weighted by Crippen LogP contribution is -2.15. The van der Waals surface area contributed by atoms with E-state index < -0.39 is 49.5 Å². The molecule has 0 aliphatic carbocycles. The number of rotatable bonds is 12. The van der Waals surface area contributed by atoms with Crippen LogP contribution in [0.25, 0.3) is 45.7 Å². The number of halogens is 2. The van der Waals surface area contributed by atoms with Crippen molar-refractivity contribution >= 4 is 24.2 Å². The number of benzene rings is 3. The molecule has 0 saturated carbocycles. The molecule has 0 radical (unpaired) electrons. The number of aromatic nitrogens is 4. The molecular formula is C32H20F2N4O12. The van der Waals surface area contributed by atoms with Gasteiger partial charge in [0.15, 0.2) is 0 Å². The number of nitrogens with zero attached hydrogens (tertiary/aromatic N) is 4. The molecule has 0 saturated heterocycles. The van der Waals surface area contributed by atoms with Crippen molar-refractivity contribution in [3.63, 3.8) is 0 Å². The normalized spacial score (nSPS) is 10.4. The summed E-state index contributed by atoms with van der Waals surface area (Å²) in [4.78, 5) is 53.8. The predicted molar refractivity (Wildman–Crippen MR) is 160 cm³/mol. The summed E-state index contributed by atoms with van der Waals surface area (Å²) in [6.45, 7) is 4.93. The summed E-state index contributed by atoms with van der Waals surface area (Å²) >= 11 is 0. The molecule has 0 amide bonds. The standard InChI is InChI=1S/C32H20F2N4O12/c1-3-25(39)43-15-45-31(41)47-19-9-11-21(23(33)13-19)27-35-29(49-37-27)17-5-7-18(8-6-17)30-36-28(38-50-30)22-12-10-20(14-24(22)34)48-32(42)46-16-44-26(40)4-2/h3-14H,1-2,15-16H2. The number of carbonyl (C=O) groups excluding carboxylic acids is 4. The zero-order valence-electron chi connectivity index (χ0n) is 25.2. The van der Waals surface area contributed by atoms with Crippen LogP contribution in [-0.4, -0.2) is 58.1 Å². The molecule has 2 heterocycles. The molecule has 0 fully saturated rings. The van der Waals surface area contributed by atoms with E-state index in [0.717, 1.165) is 24.3 Å². The van der Waals surface area contributed by atoms with Gasteiger partial charge in [-0.3, -0.25) is 0 Å². The van der Waals surface area contributed by atoms with Crippen molar-refractivity contribution in [2.45, 2.75) is 0 Å². The summed E-state index contributed by atoms with van der Waals surface area (Å²) in [6, 6.07) is 13.2. The fraction of sp³-hybridized carbons (Fsp3) is 0.0625. The maximum atomic E-state index is 14.8. The average Bonchev–Trinajstić information content (AvgIpc) is 3.79. The Balaban J connectivity index is 1.19. The SMILES string of the molecule is C=CC(=O)OCOC(=O)Oc1ccc(-c2noc(-c3ccc(-c4nc(-c5ccc(OC(=O)OCOC(=O)C=C)cc5F)no4)cc3)n2)c(F)c1. The summed E-state index contributed by atoms with van der Waals surface area (Å²) in [5.41, 5.74) is 0.779. The Morgan fingerprint density at radius 1 is 0.620 bits per heavy atom. The number of ether oxygens (including phenoxy) is 6. The predicted octanol–water partition coefficient (Wildman–Crippen LogP) is 5.80. The first-order chi connectivity index (χ1) is 24.1. The fourth-order valence-electron chi connectivity index (χ4n) is 3.78. The van der Waals surface area contributed by atoms with Crippen molar-refractivity contribution < 1.29 is 65.4 Å². The highest BCUT2D eigenvalue weighted by Crippen LogP contribution is 2.30. The Hall–Kier alpha value is -7.24. The molecule has 50 heavy (non-hydrogen) atoms. The van der Waals surface area contributed by atoms with Gasteiger partial charge in [0.2, 0.25) is 25.2 Å². The highest BCUT2D eigenvalue weighted by molar-refractivity contribution is 5.81. The minimum absolute atomic E-state index is 0.0428. The summed E-state index contributed by atoms with van der Waals surface area (Å²) in [6.07, 6.45) is -0.726. The van der Waals surface area contributed by atoms with Crippen molar-refractivity contribution in [1.82, 2.24) is 20.3 Å². The van der Waals surface area contributed by atoms with Gasteiger partial charge in [0, 0.05) is 35.4 Å². The third-order valence-corrected chi connectivity index (χ3v) is 6.09. The molecule has 0 aliphatic rings. The van der Waals surface area contributed by atoms with Gasteiger partial charge in [-0.15, -0.1) is 0 Å². The zero-order chi connectivity index (χ0) is 35.6. The van der Waals surface area contributed by atoms with E-state index in [2.05, 4.69) is 52.4 Å². The lowest BCUT2D eigenvalue weighted by Gasteiger charge is -2.06. The molecule has 254 valence electrons. The molecule has 0 unspecified atom stereocenters. The van der Waals surface area contributed by atoms with Gasteiger partial charge < -0.3 is 37.5 Å². The fourth-order valence-corrected chi connectivity index (χ4v) is 3.78. The van der Waals surface area contributed by atoms with Crippen LogP contribution in [0.1, 0.15) is 0 Å². The lowest BCUT2D eigenvalue weighted by atomic mass is 10.1. The highest BCUT2D eigenvalue weighted by atomic mass is 19.1. The number of carbonyl (C=O) groups is 4. The van der Waals surface area contributed by atoms with Crippen molar-refractivity contribution in [1.29, 1.82) is 0 Å². The van der Waals surface area contributed by atoms with E-state index in [-0.39, 0.29) is 46.1 Å². The maximum absolute atomic E-state index is 14.8. The summed E-state index contributed by atoms with van der Waals surface area (Å²) < 4.78 is 67.9. The molecule has 0 bridgehead atoms. The van der Waals surface area contributed by atoms with Crippen molar-refractivity contribution in [3.05, 3.63) is 97.6 Å². The third-order valence-electron chi connectivity index (χ3n) is 6.09. The molecule has 0 atom stereocenters. The second-order valence-corrected chi connectivity index (χ2v) is 9.27. The Bertz CT molecular complexity index is 1930. The third kappa shape index (κ3) is 8.56. The highest BCUT2D eigenvalue weighted by Gasteiger charge is 2.19. The molecule has 0 spiro atoms. The van der Waals surface area contributed by atoms with Crippen LogP contribution in [-0.2, 0) is 28.5 Å². The van der Waals surface area contributed by atoms with Crippen LogP contribution in [0.3, 0.4) is 0 Å². The monoisotopic (exact) mass is 690 g/mol. The molecule has 0 aliphatic heterocycles. The summed E-state index contributed by atoms with van der Waals surface area (Å²) in [5, 5.41) is 7.61. The van der Waals surface area contributed by atoms with Crippen LogP contribution < -0.4 is 9.47 Å². The zero-order valence-corrected chi connectivity index (χ0v) is 25.2. The van der Waals surface area contributed by atoms with E-state index in [1.165, 1.54) is 24.3 Å². The number of esters is 2. The van der Waals surface area contributed by atoms with E-state index in [4.69, 9.17) is 18.5 Å². The smallest absolute Gasteiger partial charge is 0.425 e. The first-order valence-corrected chi connectivity index (χ1v) is 13.8. The van der Waals surface area contributed by atoms with Crippen molar-refractivity contribution in [2.75, 3.05) is 13.6 Å². The van der Waals surface area contributed by atoms with Gasteiger partial charge in [0.25, 0.3) is 11.8 Å². The Morgan fingerprint density at radius 3 is 1.38 bits per heavy atom. The average molecular weight is 691 g/mol. The van der Waals surface area contributed by atoms with Crippen LogP contribution in [0.2, 0.25) is 0 Å². The van der Waals surface area contributed by atoms with E-state index in [9.17, 15) is 28.0 Å². The molecule has 18 heteroatoms.